The zero-order valence-corrected chi connectivity index (χ0v) is 17.7. The van der Waals surface area contributed by atoms with Crippen LogP contribution in [0.4, 0.5) is 0 Å². The second-order valence-corrected chi connectivity index (χ2v) is 9.35. The van der Waals surface area contributed by atoms with Gasteiger partial charge in [-0.15, -0.1) is 0 Å². The predicted octanol–water partition coefficient (Wildman–Crippen LogP) is 3.79. The minimum absolute atomic E-state index is 0.172. The highest BCUT2D eigenvalue weighted by atomic mass is 32.2. The lowest BCUT2D eigenvalue weighted by Crippen LogP contribution is -2.47. The molecule has 0 fully saturated rings. The topological polar surface area (TPSA) is 71.2 Å². The highest BCUT2D eigenvalue weighted by molar-refractivity contribution is 7.85. The first kappa shape index (κ1) is 19.9. The lowest BCUT2D eigenvalue weighted by Gasteiger charge is -2.30. The Morgan fingerprint density at radius 1 is 1.17 bits per heavy atom. The van der Waals surface area contributed by atoms with Crippen LogP contribution in [-0.4, -0.2) is 33.1 Å². The molecule has 3 aromatic rings. The number of aromatic nitrogens is 1. The lowest BCUT2D eigenvalue weighted by molar-refractivity contribution is -0.150. The molecule has 2 aromatic carbocycles. The summed E-state index contributed by atoms with van der Waals surface area (Å²) >= 11 is 0. The van der Waals surface area contributed by atoms with Gasteiger partial charge in [-0.05, 0) is 44.5 Å². The summed E-state index contributed by atoms with van der Waals surface area (Å²) in [5.74, 6) is 0.121. The van der Waals surface area contributed by atoms with Gasteiger partial charge in [0.05, 0.1) is 22.9 Å². The maximum Gasteiger partial charge on any atom is 0.323 e. The van der Waals surface area contributed by atoms with E-state index in [1.54, 1.807) is 0 Å². The van der Waals surface area contributed by atoms with Crippen LogP contribution in [0.25, 0.3) is 10.9 Å². The standard InChI is InChI=1S/C23H26N2O3S/c1-14(2)28-23(26)20-12-18-17-6-4-5-7-19(17)25-22(18)21(24-20)13-29(27)16-10-8-15(3)9-11-16/h4-11,14,20-21,24-25H,12-13H2,1-3H3/t20-,21+,29?/m0/s1. The Bertz CT molecular complexity index is 1060. The Balaban J connectivity index is 1.67. The fourth-order valence-corrected chi connectivity index (χ4v) is 5.06. The molecule has 2 heterocycles. The van der Waals surface area contributed by atoms with Crippen molar-refractivity contribution in [1.82, 2.24) is 10.3 Å². The van der Waals surface area contributed by atoms with Gasteiger partial charge in [-0.1, -0.05) is 35.9 Å². The number of para-hydroxylation sites is 1. The number of benzene rings is 2. The number of hydrogen-bond donors (Lipinski definition) is 2. The van der Waals surface area contributed by atoms with Crippen LogP contribution in [0.15, 0.2) is 53.4 Å². The van der Waals surface area contributed by atoms with E-state index >= 15 is 0 Å². The van der Waals surface area contributed by atoms with Crippen LogP contribution in [0.3, 0.4) is 0 Å². The highest BCUT2D eigenvalue weighted by Crippen LogP contribution is 2.33. The summed E-state index contributed by atoms with van der Waals surface area (Å²) in [6.07, 6.45) is 0.382. The van der Waals surface area contributed by atoms with Gasteiger partial charge in [0.25, 0.3) is 0 Å². The lowest BCUT2D eigenvalue weighted by atomic mass is 9.94. The monoisotopic (exact) mass is 410 g/mol. The van der Waals surface area contributed by atoms with Crippen LogP contribution in [0.2, 0.25) is 0 Å². The molecule has 5 nitrogen and oxygen atoms in total. The molecule has 4 rings (SSSR count). The second-order valence-electron chi connectivity index (χ2n) is 7.85. The summed E-state index contributed by atoms with van der Waals surface area (Å²) in [6.45, 7) is 5.71. The van der Waals surface area contributed by atoms with E-state index < -0.39 is 16.8 Å². The minimum Gasteiger partial charge on any atom is -0.462 e. The van der Waals surface area contributed by atoms with Crippen molar-refractivity contribution in [2.45, 2.75) is 50.3 Å². The maximum absolute atomic E-state index is 13.0. The second kappa shape index (κ2) is 8.13. The molecule has 6 heteroatoms. The van der Waals surface area contributed by atoms with Crippen molar-refractivity contribution in [2.24, 2.45) is 0 Å². The first-order valence-corrected chi connectivity index (χ1v) is 11.3. The van der Waals surface area contributed by atoms with Gasteiger partial charge >= 0.3 is 5.97 Å². The number of H-pyrrole nitrogens is 1. The van der Waals surface area contributed by atoms with Crippen LogP contribution in [-0.2, 0) is 26.8 Å². The summed E-state index contributed by atoms with van der Waals surface area (Å²) in [5, 5.41) is 4.50. The van der Waals surface area contributed by atoms with Gasteiger partial charge in [0.1, 0.15) is 6.04 Å². The number of aryl methyl sites for hydroxylation is 1. The van der Waals surface area contributed by atoms with Crippen LogP contribution >= 0.6 is 0 Å². The molecule has 0 amide bonds. The van der Waals surface area contributed by atoms with E-state index in [1.165, 1.54) is 0 Å². The summed E-state index contributed by atoms with van der Waals surface area (Å²) < 4.78 is 18.5. The number of rotatable bonds is 5. The molecule has 0 aliphatic carbocycles. The average molecular weight is 411 g/mol. The number of carbonyl (C=O) groups excluding carboxylic acids is 1. The molecule has 1 aromatic heterocycles. The van der Waals surface area contributed by atoms with E-state index in [0.29, 0.717) is 12.2 Å². The molecule has 1 aliphatic rings. The van der Waals surface area contributed by atoms with Gasteiger partial charge in [-0.25, -0.2) is 0 Å². The number of hydrogen-bond acceptors (Lipinski definition) is 4. The molecule has 0 radical (unpaired) electrons. The van der Waals surface area contributed by atoms with Crippen molar-refractivity contribution >= 4 is 27.7 Å². The van der Waals surface area contributed by atoms with Crippen LogP contribution in [0.1, 0.15) is 36.7 Å². The molecule has 29 heavy (non-hydrogen) atoms. The number of esters is 1. The molecule has 0 saturated carbocycles. The summed E-state index contributed by atoms with van der Waals surface area (Å²) in [7, 11) is -1.19. The summed E-state index contributed by atoms with van der Waals surface area (Å²) in [4.78, 5) is 16.9. The SMILES string of the molecule is Cc1ccc(S(=O)C[C@H]2N[C@H](C(=O)OC(C)C)Cc3c2[nH]c2ccccc32)cc1. The van der Waals surface area contributed by atoms with Crippen molar-refractivity contribution in [2.75, 3.05) is 5.75 Å². The molecule has 1 unspecified atom stereocenters. The van der Waals surface area contributed by atoms with Gasteiger partial charge in [0, 0.05) is 33.7 Å². The average Bonchev–Trinajstić information content (AvgIpc) is 3.07. The third-order valence-electron chi connectivity index (χ3n) is 5.24. The molecular weight excluding hydrogens is 384 g/mol. The van der Waals surface area contributed by atoms with E-state index in [9.17, 15) is 9.00 Å². The predicted molar refractivity (Wildman–Crippen MR) is 115 cm³/mol. The van der Waals surface area contributed by atoms with E-state index in [-0.39, 0.29) is 18.1 Å². The zero-order chi connectivity index (χ0) is 20.5. The fourth-order valence-electron chi connectivity index (χ4n) is 3.86. The number of fused-ring (bicyclic) bond motifs is 3. The van der Waals surface area contributed by atoms with Crippen LogP contribution in [0.5, 0.6) is 0 Å². The Morgan fingerprint density at radius 2 is 1.90 bits per heavy atom. The maximum atomic E-state index is 13.0. The van der Waals surface area contributed by atoms with E-state index in [4.69, 9.17) is 4.74 Å². The van der Waals surface area contributed by atoms with Gasteiger partial charge < -0.3 is 9.72 Å². The van der Waals surface area contributed by atoms with Crippen molar-refractivity contribution in [1.29, 1.82) is 0 Å². The molecule has 3 atom stereocenters. The van der Waals surface area contributed by atoms with Crippen molar-refractivity contribution in [3.63, 3.8) is 0 Å². The number of nitrogens with one attached hydrogen (secondary N) is 2. The normalized spacial score (nSPS) is 19.9. The molecule has 0 bridgehead atoms. The first-order chi connectivity index (χ1) is 13.9. The molecular formula is C23H26N2O3S. The summed E-state index contributed by atoms with van der Waals surface area (Å²) in [5.41, 5.74) is 4.29. The third kappa shape index (κ3) is 4.14. The number of aromatic amines is 1. The van der Waals surface area contributed by atoms with Crippen LogP contribution in [0, 0.1) is 6.92 Å². The van der Waals surface area contributed by atoms with E-state index in [1.807, 2.05) is 63.2 Å². The highest BCUT2D eigenvalue weighted by Gasteiger charge is 2.35. The Labute approximate surface area is 173 Å². The molecule has 2 N–H and O–H groups in total. The van der Waals surface area contributed by atoms with Crippen LogP contribution < -0.4 is 5.32 Å². The van der Waals surface area contributed by atoms with Crippen molar-refractivity contribution < 1.29 is 13.7 Å². The van der Waals surface area contributed by atoms with E-state index in [0.717, 1.165) is 32.6 Å². The largest absolute Gasteiger partial charge is 0.462 e. The quantitative estimate of drug-likeness (QED) is 0.628. The van der Waals surface area contributed by atoms with Crippen molar-refractivity contribution in [3.8, 4) is 0 Å². The zero-order valence-electron chi connectivity index (χ0n) is 16.9. The molecule has 0 saturated heterocycles. The van der Waals surface area contributed by atoms with Gasteiger partial charge in [-0.2, -0.15) is 0 Å². The molecule has 152 valence electrons. The third-order valence-corrected chi connectivity index (χ3v) is 6.68. The Hall–Kier alpha value is -2.44. The van der Waals surface area contributed by atoms with Crippen molar-refractivity contribution in [3.05, 3.63) is 65.4 Å². The number of carbonyl (C=O) groups is 1. The Morgan fingerprint density at radius 3 is 2.62 bits per heavy atom. The Kier molecular flexibility index (Phi) is 5.56. The smallest absolute Gasteiger partial charge is 0.323 e. The summed E-state index contributed by atoms with van der Waals surface area (Å²) in [6, 6.07) is 15.2. The van der Waals surface area contributed by atoms with Gasteiger partial charge in [0.2, 0.25) is 0 Å². The van der Waals surface area contributed by atoms with Gasteiger partial charge in [0.15, 0.2) is 0 Å². The van der Waals surface area contributed by atoms with Gasteiger partial charge in [-0.3, -0.25) is 14.3 Å². The molecule has 0 spiro atoms. The molecule has 1 aliphatic heterocycles. The first-order valence-electron chi connectivity index (χ1n) is 9.93. The number of ether oxygens (including phenoxy) is 1. The van der Waals surface area contributed by atoms with E-state index in [2.05, 4.69) is 16.4 Å². The minimum atomic E-state index is -1.19. The fraction of sp³-hybridized carbons (Fsp3) is 0.348.